The largest absolute Gasteiger partial charge is 0.493 e. The first-order valence-electron chi connectivity index (χ1n) is 13.4. The third-order valence-corrected chi connectivity index (χ3v) is 8.19. The van der Waals surface area contributed by atoms with E-state index in [0.29, 0.717) is 0 Å². The summed E-state index contributed by atoms with van der Waals surface area (Å²) in [5.74, 6) is 1.51. The molecule has 2 aliphatic rings. The number of benzene rings is 1. The topological polar surface area (TPSA) is 58.5 Å². The molecule has 2 aliphatic heterocycles. The molecule has 0 aliphatic carbocycles. The second kappa shape index (κ2) is 10.1. The minimum absolute atomic E-state index is 0.748. The van der Waals surface area contributed by atoms with Gasteiger partial charge in [-0.05, 0) is 76.1 Å². The highest BCUT2D eigenvalue weighted by Crippen LogP contribution is 2.39. The van der Waals surface area contributed by atoms with E-state index in [2.05, 4.69) is 54.8 Å². The van der Waals surface area contributed by atoms with Gasteiger partial charge in [0.2, 0.25) is 0 Å². The molecule has 0 bridgehead atoms. The molecule has 7 heteroatoms. The van der Waals surface area contributed by atoms with E-state index in [0.717, 1.165) is 63.8 Å². The molecule has 36 heavy (non-hydrogen) atoms. The Hall–Kier alpha value is -3.03. The molecule has 2 saturated heterocycles. The smallest absolute Gasteiger partial charge is 0.162 e. The number of rotatable bonds is 7. The van der Waals surface area contributed by atoms with E-state index < -0.39 is 0 Å². The van der Waals surface area contributed by atoms with Crippen molar-refractivity contribution in [1.82, 2.24) is 24.3 Å². The maximum Gasteiger partial charge on any atom is 0.162 e. The number of aromatic nitrogens is 3. The van der Waals surface area contributed by atoms with E-state index in [4.69, 9.17) is 9.47 Å². The van der Waals surface area contributed by atoms with Crippen LogP contribution < -0.4 is 9.47 Å². The lowest BCUT2D eigenvalue weighted by molar-refractivity contribution is 0.0912. The summed E-state index contributed by atoms with van der Waals surface area (Å²) in [6.07, 6.45) is 10.9. The van der Waals surface area contributed by atoms with Crippen LogP contribution in [0.2, 0.25) is 0 Å². The maximum atomic E-state index is 5.65. The Morgan fingerprint density at radius 1 is 0.944 bits per heavy atom. The van der Waals surface area contributed by atoms with Gasteiger partial charge in [0.05, 0.1) is 19.7 Å². The molecular weight excluding hydrogens is 450 g/mol. The van der Waals surface area contributed by atoms with Gasteiger partial charge in [0.25, 0.3) is 0 Å². The lowest BCUT2D eigenvalue weighted by Crippen LogP contribution is -2.47. The zero-order valence-corrected chi connectivity index (χ0v) is 21.5. The van der Waals surface area contributed by atoms with Crippen molar-refractivity contribution in [2.24, 2.45) is 0 Å². The SMILES string of the molecule is COc1cc2c(-c3cc4cccnc4[nH]3)cn(CCN3CCC(N4CCCCC4)CC3)c2cc1OC. The number of nitrogens with zero attached hydrogens (tertiary/aromatic N) is 4. The highest BCUT2D eigenvalue weighted by atomic mass is 16.5. The number of fused-ring (bicyclic) bond motifs is 2. The van der Waals surface area contributed by atoms with E-state index in [1.807, 2.05) is 12.3 Å². The zero-order valence-electron chi connectivity index (χ0n) is 21.5. The van der Waals surface area contributed by atoms with E-state index in [-0.39, 0.29) is 0 Å². The lowest BCUT2D eigenvalue weighted by atomic mass is 10.00. The molecule has 190 valence electrons. The molecule has 3 aromatic heterocycles. The lowest BCUT2D eigenvalue weighted by Gasteiger charge is -2.40. The number of hydrogen-bond donors (Lipinski definition) is 1. The van der Waals surface area contributed by atoms with Crippen molar-refractivity contribution < 1.29 is 9.47 Å². The zero-order chi connectivity index (χ0) is 24.5. The number of ether oxygens (including phenoxy) is 2. The van der Waals surface area contributed by atoms with Crippen LogP contribution in [0.3, 0.4) is 0 Å². The molecule has 0 radical (unpaired) electrons. The minimum Gasteiger partial charge on any atom is -0.493 e. The number of pyridine rings is 1. The molecule has 0 saturated carbocycles. The summed E-state index contributed by atoms with van der Waals surface area (Å²) in [5.41, 5.74) is 4.30. The van der Waals surface area contributed by atoms with E-state index >= 15 is 0 Å². The molecule has 0 unspecified atom stereocenters. The Bertz CT molecular complexity index is 1300. The van der Waals surface area contributed by atoms with Gasteiger partial charge in [-0.2, -0.15) is 0 Å². The summed E-state index contributed by atoms with van der Waals surface area (Å²) in [6.45, 7) is 6.99. The molecule has 1 N–H and O–H groups in total. The monoisotopic (exact) mass is 487 g/mol. The van der Waals surface area contributed by atoms with Crippen molar-refractivity contribution in [2.75, 3.05) is 46.9 Å². The van der Waals surface area contributed by atoms with E-state index in [9.17, 15) is 0 Å². The van der Waals surface area contributed by atoms with Gasteiger partial charge in [-0.1, -0.05) is 6.42 Å². The standard InChI is InChI=1S/C29H37N5O2/c1-35-27-18-23-24(25-17-21-7-6-10-30-29(21)31-25)20-34(26(23)19-28(27)36-2)16-15-32-13-8-22(9-14-32)33-11-4-3-5-12-33/h6-7,10,17-20,22H,3-5,8-9,11-16H2,1-2H3,(H,30,31). The summed E-state index contributed by atoms with van der Waals surface area (Å²) >= 11 is 0. The number of nitrogens with one attached hydrogen (secondary N) is 1. The first-order valence-corrected chi connectivity index (χ1v) is 13.4. The first-order chi connectivity index (χ1) is 17.7. The van der Waals surface area contributed by atoms with E-state index in [1.54, 1.807) is 14.2 Å². The number of likely N-dealkylation sites (tertiary alicyclic amines) is 2. The number of methoxy groups -OCH3 is 2. The van der Waals surface area contributed by atoms with Crippen LogP contribution in [0.5, 0.6) is 11.5 Å². The Morgan fingerprint density at radius 3 is 2.47 bits per heavy atom. The van der Waals surface area contributed by atoms with Crippen molar-refractivity contribution in [1.29, 1.82) is 0 Å². The molecule has 6 rings (SSSR count). The third-order valence-electron chi connectivity index (χ3n) is 8.19. The summed E-state index contributed by atoms with van der Waals surface area (Å²) in [6, 6.07) is 11.3. The Balaban J connectivity index is 1.25. The van der Waals surface area contributed by atoms with Crippen LogP contribution in [0.4, 0.5) is 0 Å². The molecule has 0 amide bonds. The van der Waals surface area contributed by atoms with Gasteiger partial charge in [-0.25, -0.2) is 4.98 Å². The first kappa shape index (κ1) is 23.4. The van der Waals surface area contributed by atoms with Crippen LogP contribution in [0.15, 0.2) is 42.7 Å². The second-order valence-electron chi connectivity index (χ2n) is 10.3. The van der Waals surface area contributed by atoms with Crippen LogP contribution in [0, 0.1) is 0 Å². The van der Waals surface area contributed by atoms with Gasteiger partial charge in [0.1, 0.15) is 5.65 Å². The normalized spacial score (nSPS) is 18.3. The van der Waals surface area contributed by atoms with Crippen LogP contribution in [-0.2, 0) is 6.54 Å². The molecule has 2 fully saturated rings. The predicted octanol–water partition coefficient (Wildman–Crippen LogP) is 5.15. The van der Waals surface area contributed by atoms with Crippen molar-refractivity contribution >= 4 is 21.9 Å². The van der Waals surface area contributed by atoms with Crippen LogP contribution in [-0.4, -0.2) is 77.3 Å². The van der Waals surface area contributed by atoms with Gasteiger partial charge in [0, 0.05) is 59.6 Å². The number of piperidine rings is 2. The number of aromatic amines is 1. The molecule has 1 aromatic carbocycles. The Labute approximate surface area is 213 Å². The summed E-state index contributed by atoms with van der Waals surface area (Å²) in [7, 11) is 3.40. The third kappa shape index (κ3) is 4.46. The molecule has 5 heterocycles. The van der Waals surface area contributed by atoms with Crippen LogP contribution in [0.25, 0.3) is 33.2 Å². The molecule has 0 spiro atoms. The van der Waals surface area contributed by atoms with E-state index in [1.165, 1.54) is 58.3 Å². The highest BCUT2D eigenvalue weighted by Gasteiger charge is 2.25. The quantitative estimate of drug-likeness (QED) is 0.391. The Kier molecular flexibility index (Phi) is 6.59. The van der Waals surface area contributed by atoms with Gasteiger partial charge >= 0.3 is 0 Å². The summed E-state index contributed by atoms with van der Waals surface area (Å²) in [5, 5.41) is 2.27. The van der Waals surface area contributed by atoms with Gasteiger partial charge in [-0.15, -0.1) is 0 Å². The predicted molar refractivity (Wildman–Crippen MR) is 145 cm³/mol. The fourth-order valence-electron chi connectivity index (χ4n) is 6.16. The molecule has 7 nitrogen and oxygen atoms in total. The number of hydrogen-bond acceptors (Lipinski definition) is 5. The van der Waals surface area contributed by atoms with Crippen LogP contribution >= 0.6 is 0 Å². The van der Waals surface area contributed by atoms with Crippen molar-refractivity contribution in [3.8, 4) is 22.8 Å². The summed E-state index contributed by atoms with van der Waals surface area (Å²) in [4.78, 5) is 13.4. The van der Waals surface area contributed by atoms with Crippen molar-refractivity contribution in [3.05, 3.63) is 42.7 Å². The number of H-pyrrole nitrogens is 1. The molecule has 4 aromatic rings. The Morgan fingerprint density at radius 2 is 1.72 bits per heavy atom. The fraction of sp³-hybridized carbons (Fsp3) is 0.483. The van der Waals surface area contributed by atoms with Gasteiger partial charge < -0.3 is 28.8 Å². The second-order valence-corrected chi connectivity index (χ2v) is 10.3. The fourth-order valence-corrected chi connectivity index (χ4v) is 6.16. The average Bonchev–Trinajstić information content (AvgIpc) is 3.53. The molecule has 0 atom stereocenters. The minimum atomic E-state index is 0.748. The van der Waals surface area contributed by atoms with Crippen molar-refractivity contribution in [3.63, 3.8) is 0 Å². The van der Waals surface area contributed by atoms with Crippen LogP contribution in [0.1, 0.15) is 32.1 Å². The average molecular weight is 488 g/mol. The highest BCUT2D eigenvalue weighted by molar-refractivity contribution is 5.99. The summed E-state index contributed by atoms with van der Waals surface area (Å²) < 4.78 is 13.7. The van der Waals surface area contributed by atoms with Gasteiger partial charge in [0.15, 0.2) is 11.5 Å². The van der Waals surface area contributed by atoms with Gasteiger partial charge in [-0.3, -0.25) is 0 Å². The van der Waals surface area contributed by atoms with Crippen molar-refractivity contribution in [2.45, 2.75) is 44.7 Å². The maximum absolute atomic E-state index is 5.65. The molecular formula is C29H37N5O2.